The van der Waals surface area contributed by atoms with Gasteiger partial charge in [-0.25, -0.2) is 9.78 Å². The van der Waals surface area contributed by atoms with Crippen LogP contribution in [0.1, 0.15) is 31.1 Å². The molecule has 0 atom stereocenters. The maximum Gasteiger partial charge on any atom is 0.332 e. The van der Waals surface area contributed by atoms with E-state index in [4.69, 9.17) is 9.47 Å². The molecule has 0 saturated heterocycles. The number of rotatable bonds is 10. The molecule has 0 unspecified atom stereocenters. The SMILES string of the molecule is COCCn1cnc2c1c(=O)n(CCOc1ccccc1C(C)=O)c(=O)n2CC(C)C. The molecule has 3 rings (SSSR count). The lowest BCUT2D eigenvalue weighted by Crippen LogP contribution is -2.42. The molecular formula is C22H28N4O5. The van der Waals surface area contributed by atoms with Gasteiger partial charge in [0.05, 0.1) is 25.0 Å². The molecule has 3 aromatic rings. The molecular weight excluding hydrogens is 400 g/mol. The van der Waals surface area contributed by atoms with Gasteiger partial charge in [-0.15, -0.1) is 0 Å². The number of carbonyl (C=O) groups excluding carboxylic acids is 1. The number of ketones is 1. The topological polar surface area (TPSA) is 97.3 Å². The van der Waals surface area contributed by atoms with E-state index in [2.05, 4.69) is 4.98 Å². The van der Waals surface area contributed by atoms with E-state index in [-0.39, 0.29) is 24.9 Å². The van der Waals surface area contributed by atoms with E-state index >= 15 is 0 Å². The molecule has 0 radical (unpaired) electrons. The first kappa shape index (κ1) is 22.5. The summed E-state index contributed by atoms with van der Waals surface area (Å²) >= 11 is 0. The number of benzene rings is 1. The Morgan fingerprint density at radius 3 is 2.52 bits per heavy atom. The third-order valence-corrected chi connectivity index (χ3v) is 4.91. The van der Waals surface area contributed by atoms with Crippen LogP contribution in [0.15, 0.2) is 40.2 Å². The summed E-state index contributed by atoms with van der Waals surface area (Å²) in [5.41, 5.74) is 0.351. The molecule has 166 valence electrons. The highest BCUT2D eigenvalue weighted by Gasteiger charge is 2.19. The summed E-state index contributed by atoms with van der Waals surface area (Å²) in [6, 6.07) is 6.90. The van der Waals surface area contributed by atoms with Crippen LogP contribution in [0.2, 0.25) is 0 Å². The number of nitrogens with zero attached hydrogens (tertiary/aromatic N) is 4. The van der Waals surface area contributed by atoms with Gasteiger partial charge in [0.1, 0.15) is 12.4 Å². The summed E-state index contributed by atoms with van der Waals surface area (Å²) in [6.45, 7) is 6.88. The van der Waals surface area contributed by atoms with Gasteiger partial charge in [0, 0.05) is 20.2 Å². The second-order valence-corrected chi connectivity index (χ2v) is 7.75. The Balaban J connectivity index is 1.98. The van der Waals surface area contributed by atoms with Crippen molar-refractivity contribution in [1.82, 2.24) is 18.7 Å². The van der Waals surface area contributed by atoms with Gasteiger partial charge in [0.25, 0.3) is 5.56 Å². The van der Waals surface area contributed by atoms with Gasteiger partial charge in [0.2, 0.25) is 0 Å². The first-order chi connectivity index (χ1) is 14.8. The minimum absolute atomic E-state index is 0.0490. The van der Waals surface area contributed by atoms with Crippen molar-refractivity contribution in [3.05, 3.63) is 57.0 Å². The normalized spacial score (nSPS) is 11.4. The quantitative estimate of drug-likeness (QED) is 0.458. The van der Waals surface area contributed by atoms with E-state index in [0.717, 1.165) is 0 Å². The molecule has 2 aromatic heterocycles. The average molecular weight is 428 g/mol. The van der Waals surface area contributed by atoms with Crippen LogP contribution in [0.3, 0.4) is 0 Å². The third kappa shape index (κ3) is 4.77. The number of para-hydroxylation sites is 1. The van der Waals surface area contributed by atoms with Crippen molar-refractivity contribution in [1.29, 1.82) is 0 Å². The molecule has 0 fully saturated rings. The molecule has 0 aliphatic carbocycles. The van der Waals surface area contributed by atoms with Gasteiger partial charge >= 0.3 is 5.69 Å². The summed E-state index contributed by atoms with van der Waals surface area (Å²) in [4.78, 5) is 42.4. The Kier molecular flexibility index (Phi) is 7.06. The van der Waals surface area contributed by atoms with Gasteiger partial charge in [0.15, 0.2) is 16.9 Å². The summed E-state index contributed by atoms with van der Waals surface area (Å²) in [5.74, 6) is 0.502. The molecule has 0 N–H and O–H groups in total. The fourth-order valence-corrected chi connectivity index (χ4v) is 3.46. The Morgan fingerprint density at radius 2 is 1.84 bits per heavy atom. The van der Waals surface area contributed by atoms with Crippen molar-refractivity contribution in [3.8, 4) is 5.75 Å². The highest BCUT2D eigenvalue weighted by Crippen LogP contribution is 2.18. The number of ether oxygens (including phenoxy) is 2. The maximum atomic E-state index is 13.2. The number of carbonyl (C=O) groups is 1. The van der Waals surface area contributed by atoms with Gasteiger partial charge < -0.3 is 14.0 Å². The summed E-state index contributed by atoms with van der Waals surface area (Å²) in [7, 11) is 1.59. The molecule has 0 spiro atoms. The smallest absolute Gasteiger partial charge is 0.332 e. The lowest BCUT2D eigenvalue weighted by Gasteiger charge is -2.15. The first-order valence-electron chi connectivity index (χ1n) is 10.2. The van der Waals surface area contributed by atoms with Gasteiger partial charge in [-0.05, 0) is 25.0 Å². The average Bonchev–Trinajstić information content (AvgIpc) is 3.16. The van der Waals surface area contributed by atoms with Crippen molar-refractivity contribution < 1.29 is 14.3 Å². The zero-order valence-corrected chi connectivity index (χ0v) is 18.3. The zero-order valence-electron chi connectivity index (χ0n) is 18.3. The van der Waals surface area contributed by atoms with E-state index in [1.807, 2.05) is 13.8 Å². The van der Waals surface area contributed by atoms with E-state index in [1.54, 1.807) is 42.3 Å². The first-order valence-corrected chi connectivity index (χ1v) is 10.2. The third-order valence-electron chi connectivity index (χ3n) is 4.91. The lowest BCUT2D eigenvalue weighted by molar-refractivity contribution is 0.101. The van der Waals surface area contributed by atoms with E-state index in [9.17, 15) is 14.4 Å². The van der Waals surface area contributed by atoms with Crippen molar-refractivity contribution in [3.63, 3.8) is 0 Å². The predicted octanol–water partition coefficient (Wildman–Crippen LogP) is 1.94. The second kappa shape index (κ2) is 9.74. The molecule has 9 nitrogen and oxygen atoms in total. The Hall–Kier alpha value is -3.20. The molecule has 0 bridgehead atoms. The molecule has 31 heavy (non-hydrogen) atoms. The Morgan fingerprint density at radius 1 is 1.10 bits per heavy atom. The van der Waals surface area contributed by atoms with Gasteiger partial charge in [-0.2, -0.15) is 0 Å². The summed E-state index contributed by atoms with van der Waals surface area (Å²) < 4.78 is 15.3. The number of aromatic nitrogens is 4. The Bertz CT molecular complexity index is 1190. The van der Waals surface area contributed by atoms with Gasteiger partial charge in [-0.3, -0.25) is 18.7 Å². The fraction of sp³-hybridized carbons (Fsp3) is 0.455. The largest absolute Gasteiger partial charge is 0.491 e. The molecule has 2 heterocycles. The number of fused-ring (bicyclic) bond motifs is 1. The highest BCUT2D eigenvalue weighted by molar-refractivity contribution is 5.96. The van der Waals surface area contributed by atoms with E-state index in [0.29, 0.717) is 42.2 Å². The lowest BCUT2D eigenvalue weighted by atomic mass is 10.1. The van der Waals surface area contributed by atoms with Crippen molar-refractivity contribution in [2.75, 3.05) is 20.3 Å². The van der Waals surface area contributed by atoms with Crippen LogP contribution in [0.25, 0.3) is 11.2 Å². The fourth-order valence-electron chi connectivity index (χ4n) is 3.46. The monoisotopic (exact) mass is 428 g/mol. The standard InChI is InChI=1S/C22H28N4O5/c1-15(2)13-26-20-19(24(14-23-20)9-11-30-4)21(28)25(22(26)29)10-12-31-18-8-6-5-7-17(18)16(3)27/h5-8,14-15H,9-13H2,1-4H3. The molecule has 0 saturated carbocycles. The minimum atomic E-state index is -0.424. The van der Waals surface area contributed by atoms with Crippen LogP contribution >= 0.6 is 0 Å². The molecule has 0 aliphatic rings. The predicted molar refractivity (Wildman–Crippen MR) is 117 cm³/mol. The zero-order chi connectivity index (χ0) is 22.5. The number of hydrogen-bond donors (Lipinski definition) is 0. The van der Waals surface area contributed by atoms with Crippen LogP contribution in [0, 0.1) is 5.92 Å². The summed E-state index contributed by atoms with van der Waals surface area (Å²) in [6.07, 6.45) is 1.56. The van der Waals surface area contributed by atoms with Crippen molar-refractivity contribution in [2.24, 2.45) is 5.92 Å². The van der Waals surface area contributed by atoms with Crippen LogP contribution in [0.5, 0.6) is 5.75 Å². The number of hydrogen-bond acceptors (Lipinski definition) is 6. The molecule has 0 aliphatic heterocycles. The van der Waals surface area contributed by atoms with Crippen LogP contribution in [-0.4, -0.2) is 44.8 Å². The highest BCUT2D eigenvalue weighted by atomic mass is 16.5. The molecule has 1 aromatic carbocycles. The van der Waals surface area contributed by atoms with E-state index < -0.39 is 11.2 Å². The van der Waals surface area contributed by atoms with Crippen molar-refractivity contribution >= 4 is 16.9 Å². The molecule has 0 amide bonds. The van der Waals surface area contributed by atoms with E-state index in [1.165, 1.54) is 16.1 Å². The number of imidazole rings is 1. The second-order valence-electron chi connectivity index (χ2n) is 7.75. The van der Waals surface area contributed by atoms with Crippen molar-refractivity contribution in [2.45, 2.75) is 40.4 Å². The van der Waals surface area contributed by atoms with Crippen LogP contribution < -0.4 is 16.0 Å². The summed E-state index contributed by atoms with van der Waals surface area (Å²) in [5, 5.41) is 0. The number of Topliss-reactive ketones (excluding diaryl/α,β-unsaturated/α-hetero) is 1. The van der Waals surface area contributed by atoms with Gasteiger partial charge in [-0.1, -0.05) is 26.0 Å². The van der Waals surface area contributed by atoms with Crippen LogP contribution in [0.4, 0.5) is 0 Å². The van der Waals surface area contributed by atoms with Crippen LogP contribution in [-0.2, 0) is 24.4 Å². The number of methoxy groups -OCH3 is 1. The minimum Gasteiger partial charge on any atom is -0.491 e. The molecule has 9 heteroatoms. The maximum absolute atomic E-state index is 13.2. The Labute approximate surface area is 179 Å².